The van der Waals surface area contributed by atoms with Gasteiger partial charge in [0, 0.05) is 24.0 Å². The molecule has 94 valence electrons. The fourth-order valence-corrected chi connectivity index (χ4v) is 2.50. The largest absolute Gasteiger partial charge is 0.309 e. The molecule has 0 aliphatic carbocycles. The summed E-state index contributed by atoms with van der Waals surface area (Å²) in [5, 5.41) is 2.71. The first kappa shape index (κ1) is 11.8. The smallest absolute Gasteiger partial charge is 0.277 e. The lowest BCUT2D eigenvalue weighted by Gasteiger charge is -2.18. The molecule has 0 saturated carbocycles. The molecule has 1 aromatic carbocycles. The van der Waals surface area contributed by atoms with Gasteiger partial charge in [-0.2, -0.15) is 0 Å². The van der Waals surface area contributed by atoms with E-state index in [2.05, 4.69) is 9.97 Å². The molecule has 0 radical (unpaired) electrons. The van der Waals surface area contributed by atoms with Crippen LogP contribution >= 0.6 is 11.3 Å². The molecular formula is C14H11N3OS. The first-order chi connectivity index (χ1) is 9.27. The Kier molecular flexibility index (Phi) is 2.97. The van der Waals surface area contributed by atoms with E-state index < -0.39 is 0 Å². The topological polar surface area (TPSA) is 46.1 Å². The third-order valence-corrected chi connectivity index (χ3v) is 3.53. The van der Waals surface area contributed by atoms with Gasteiger partial charge in [-0.15, -0.1) is 11.3 Å². The Bertz CT molecular complexity index is 719. The SMILES string of the molecule is CN(C(=O)c1cscn1)c1cccc2ncccc12. The summed E-state index contributed by atoms with van der Waals surface area (Å²) in [5.41, 5.74) is 3.83. The van der Waals surface area contributed by atoms with E-state index in [4.69, 9.17) is 0 Å². The van der Waals surface area contributed by atoms with E-state index >= 15 is 0 Å². The second kappa shape index (κ2) is 4.78. The molecule has 0 aliphatic heterocycles. The van der Waals surface area contributed by atoms with Crippen LogP contribution in [0, 0.1) is 0 Å². The minimum atomic E-state index is -0.113. The Morgan fingerprint density at radius 2 is 2.11 bits per heavy atom. The quantitative estimate of drug-likeness (QED) is 0.718. The zero-order valence-electron chi connectivity index (χ0n) is 10.3. The number of rotatable bonds is 2. The predicted octanol–water partition coefficient (Wildman–Crippen LogP) is 2.97. The fourth-order valence-electron chi connectivity index (χ4n) is 1.98. The van der Waals surface area contributed by atoms with Gasteiger partial charge in [-0.25, -0.2) is 4.98 Å². The zero-order valence-corrected chi connectivity index (χ0v) is 11.1. The van der Waals surface area contributed by atoms with Gasteiger partial charge in [-0.05, 0) is 24.3 Å². The van der Waals surface area contributed by atoms with Crippen molar-refractivity contribution in [2.45, 2.75) is 0 Å². The number of hydrogen-bond acceptors (Lipinski definition) is 4. The summed E-state index contributed by atoms with van der Waals surface area (Å²) in [6, 6.07) is 9.57. The molecule has 3 rings (SSSR count). The number of thiazole rings is 1. The molecule has 5 heteroatoms. The van der Waals surface area contributed by atoms with Crippen molar-refractivity contribution in [3.8, 4) is 0 Å². The average molecular weight is 269 g/mol. The lowest BCUT2D eigenvalue weighted by molar-refractivity contribution is 0.0989. The van der Waals surface area contributed by atoms with E-state index in [0.717, 1.165) is 16.6 Å². The van der Waals surface area contributed by atoms with Crippen molar-refractivity contribution in [1.82, 2.24) is 9.97 Å². The van der Waals surface area contributed by atoms with Gasteiger partial charge in [0.15, 0.2) is 0 Å². The summed E-state index contributed by atoms with van der Waals surface area (Å²) >= 11 is 1.41. The summed E-state index contributed by atoms with van der Waals surface area (Å²) < 4.78 is 0. The number of pyridine rings is 1. The van der Waals surface area contributed by atoms with Crippen molar-refractivity contribution in [3.63, 3.8) is 0 Å². The summed E-state index contributed by atoms with van der Waals surface area (Å²) in [6.07, 6.45) is 1.74. The molecule has 0 saturated heterocycles. The van der Waals surface area contributed by atoms with Crippen LogP contribution < -0.4 is 4.90 Å². The molecule has 0 aliphatic rings. The van der Waals surface area contributed by atoms with Gasteiger partial charge in [0.2, 0.25) is 0 Å². The number of hydrogen-bond donors (Lipinski definition) is 0. The maximum absolute atomic E-state index is 12.3. The van der Waals surface area contributed by atoms with Gasteiger partial charge < -0.3 is 4.90 Å². The third-order valence-electron chi connectivity index (χ3n) is 2.94. The molecule has 4 nitrogen and oxygen atoms in total. The third kappa shape index (κ3) is 2.08. The van der Waals surface area contributed by atoms with Gasteiger partial charge in [-0.1, -0.05) is 6.07 Å². The number of carbonyl (C=O) groups excluding carboxylic acids is 1. The van der Waals surface area contributed by atoms with Gasteiger partial charge in [-0.3, -0.25) is 9.78 Å². The molecule has 0 unspecified atom stereocenters. The van der Waals surface area contributed by atoms with Crippen LogP contribution in [0.2, 0.25) is 0 Å². The summed E-state index contributed by atoms with van der Waals surface area (Å²) in [6.45, 7) is 0. The Hall–Kier alpha value is -2.27. The summed E-state index contributed by atoms with van der Waals surface area (Å²) in [7, 11) is 1.75. The van der Waals surface area contributed by atoms with E-state index in [0.29, 0.717) is 5.69 Å². The van der Waals surface area contributed by atoms with Gasteiger partial charge in [0.05, 0.1) is 16.7 Å². The van der Waals surface area contributed by atoms with Crippen LogP contribution in [0.5, 0.6) is 0 Å². The predicted molar refractivity (Wildman–Crippen MR) is 76.6 cm³/mol. The average Bonchev–Trinajstić information content (AvgIpc) is 2.99. The lowest BCUT2D eigenvalue weighted by atomic mass is 10.1. The van der Waals surface area contributed by atoms with Gasteiger partial charge >= 0.3 is 0 Å². The molecule has 0 spiro atoms. The molecule has 0 atom stereocenters. The molecular weight excluding hydrogens is 258 g/mol. The van der Waals surface area contributed by atoms with Gasteiger partial charge in [0.25, 0.3) is 5.91 Å². The Morgan fingerprint density at radius 3 is 2.89 bits per heavy atom. The maximum atomic E-state index is 12.3. The van der Waals surface area contributed by atoms with E-state index in [1.807, 2.05) is 30.3 Å². The monoisotopic (exact) mass is 269 g/mol. The second-order valence-corrected chi connectivity index (χ2v) is 4.80. The highest BCUT2D eigenvalue weighted by molar-refractivity contribution is 7.07. The standard InChI is InChI=1S/C14H11N3OS/c1-17(14(18)12-8-19-9-16-12)13-6-2-5-11-10(13)4-3-7-15-11/h2-9H,1H3. The van der Waals surface area contributed by atoms with Crippen LogP contribution in [0.3, 0.4) is 0 Å². The van der Waals surface area contributed by atoms with Crippen LogP contribution in [0.25, 0.3) is 10.9 Å². The van der Waals surface area contributed by atoms with Crippen molar-refractivity contribution in [1.29, 1.82) is 0 Å². The van der Waals surface area contributed by atoms with Crippen molar-refractivity contribution < 1.29 is 4.79 Å². The first-order valence-electron chi connectivity index (χ1n) is 5.77. The minimum Gasteiger partial charge on any atom is -0.309 e. The Balaban J connectivity index is 2.07. The van der Waals surface area contributed by atoms with Crippen molar-refractivity contribution in [2.24, 2.45) is 0 Å². The summed E-state index contributed by atoms with van der Waals surface area (Å²) in [5.74, 6) is -0.113. The summed E-state index contributed by atoms with van der Waals surface area (Å²) in [4.78, 5) is 22.3. The van der Waals surface area contributed by atoms with Crippen molar-refractivity contribution >= 4 is 33.8 Å². The lowest BCUT2D eigenvalue weighted by Crippen LogP contribution is -2.26. The van der Waals surface area contributed by atoms with E-state index in [-0.39, 0.29) is 5.91 Å². The number of amides is 1. The normalized spacial score (nSPS) is 10.6. The number of carbonyl (C=O) groups is 1. The highest BCUT2D eigenvalue weighted by Crippen LogP contribution is 2.25. The van der Waals surface area contributed by atoms with Crippen LogP contribution in [0.4, 0.5) is 5.69 Å². The van der Waals surface area contributed by atoms with Crippen LogP contribution in [0.1, 0.15) is 10.5 Å². The van der Waals surface area contributed by atoms with Crippen molar-refractivity contribution in [2.75, 3.05) is 11.9 Å². The molecule has 0 fully saturated rings. The van der Waals surface area contributed by atoms with Gasteiger partial charge in [0.1, 0.15) is 5.69 Å². The zero-order chi connectivity index (χ0) is 13.2. The second-order valence-electron chi connectivity index (χ2n) is 4.09. The number of fused-ring (bicyclic) bond motifs is 1. The highest BCUT2D eigenvalue weighted by atomic mass is 32.1. The van der Waals surface area contributed by atoms with E-state index in [1.165, 1.54) is 11.3 Å². The van der Waals surface area contributed by atoms with Crippen LogP contribution in [0.15, 0.2) is 47.4 Å². The molecule has 19 heavy (non-hydrogen) atoms. The Labute approximate surface area is 114 Å². The minimum absolute atomic E-state index is 0.113. The van der Waals surface area contributed by atoms with Crippen LogP contribution in [-0.2, 0) is 0 Å². The molecule has 0 bridgehead atoms. The first-order valence-corrected chi connectivity index (χ1v) is 6.71. The molecule has 1 amide bonds. The van der Waals surface area contributed by atoms with E-state index in [9.17, 15) is 4.79 Å². The number of nitrogens with zero attached hydrogens (tertiary/aromatic N) is 3. The maximum Gasteiger partial charge on any atom is 0.277 e. The number of aromatic nitrogens is 2. The number of benzene rings is 1. The molecule has 2 heterocycles. The molecule has 2 aromatic heterocycles. The number of anilines is 1. The highest BCUT2D eigenvalue weighted by Gasteiger charge is 2.17. The Morgan fingerprint density at radius 1 is 1.21 bits per heavy atom. The van der Waals surface area contributed by atoms with Crippen molar-refractivity contribution in [3.05, 3.63) is 53.1 Å². The molecule has 3 aromatic rings. The van der Waals surface area contributed by atoms with Crippen LogP contribution in [-0.4, -0.2) is 22.9 Å². The molecule has 0 N–H and O–H groups in total. The van der Waals surface area contributed by atoms with E-state index in [1.54, 1.807) is 29.0 Å². The fraction of sp³-hybridized carbons (Fsp3) is 0.0714.